The number of fused-ring (bicyclic) bond motifs is 1. The van der Waals surface area contributed by atoms with Crippen molar-refractivity contribution in [2.24, 2.45) is 29.1 Å². The number of rotatable bonds is 4. The monoisotopic (exact) mass is 498 g/mol. The van der Waals surface area contributed by atoms with Gasteiger partial charge in [0.1, 0.15) is 11.6 Å². The van der Waals surface area contributed by atoms with Crippen LogP contribution in [-0.4, -0.2) is 11.6 Å². The minimum atomic E-state index is -4.50. The number of ketones is 2. The molecule has 0 aliphatic heterocycles. The molecule has 3 unspecified atom stereocenters. The highest BCUT2D eigenvalue weighted by atomic mass is 19.4. The summed E-state index contributed by atoms with van der Waals surface area (Å²) in [4.78, 5) is 27.7. The SMILES string of the molecule is CC(C)C1CC2CC3(CCC3)CC(=O)C2C(c2ccc(F)cc2)=C1C(=O)c1ccc(C(F)(F)F)cc1. The van der Waals surface area contributed by atoms with Crippen LogP contribution in [-0.2, 0) is 11.0 Å². The van der Waals surface area contributed by atoms with Crippen LogP contribution in [0.25, 0.3) is 5.57 Å². The van der Waals surface area contributed by atoms with Gasteiger partial charge < -0.3 is 0 Å². The van der Waals surface area contributed by atoms with Crippen molar-refractivity contribution in [2.45, 2.75) is 58.5 Å². The molecular formula is C30H30F4O2. The van der Waals surface area contributed by atoms with E-state index >= 15 is 0 Å². The van der Waals surface area contributed by atoms with Crippen LogP contribution in [0.5, 0.6) is 0 Å². The number of hydrogen-bond acceptors (Lipinski definition) is 2. The number of allylic oxidation sites excluding steroid dienone is 2. The first-order valence-corrected chi connectivity index (χ1v) is 12.7. The van der Waals surface area contributed by atoms with Gasteiger partial charge >= 0.3 is 6.18 Å². The van der Waals surface area contributed by atoms with E-state index in [4.69, 9.17) is 0 Å². The van der Waals surface area contributed by atoms with Crippen LogP contribution in [0.2, 0.25) is 0 Å². The van der Waals surface area contributed by atoms with Gasteiger partial charge in [0.05, 0.1) is 5.56 Å². The van der Waals surface area contributed by atoms with Gasteiger partial charge in [0.15, 0.2) is 5.78 Å². The van der Waals surface area contributed by atoms with Crippen molar-refractivity contribution in [3.05, 3.63) is 76.6 Å². The lowest BCUT2D eigenvalue weighted by molar-refractivity contribution is -0.137. The normalized spacial score (nSPS) is 25.6. The molecule has 1 spiro atoms. The molecule has 0 aromatic heterocycles. The van der Waals surface area contributed by atoms with Crippen LogP contribution in [0.1, 0.15) is 73.9 Å². The Morgan fingerprint density at radius 2 is 1.64 bits per heavy atom. The van der Waals surface area contributed by atoms with Gasteiger partial charge in [-0.3, -0.25) is 9.59 Å². The maximum atomic E-state index is 14.0. The maximum Gasteiger partial charge on any atom is 0.416 e. The molecule has 6 heteroatoms. The molecule has 36 heavy (non-hydrogen) atoms. The highest BCUT2D eigenvalue weighted by Gasteiger charge is 2.53. The summed E-state index contributed by atoms with van der Waals surface area (Å²) in [6.45, 7) is 4.08. The molecule has 0 saturated heterocycles. The molecule has 2 aromatic rings. The molecule has 5 rings (SSSR count). The summed E-state index contributed by atoms with van der Waals surface area (Å²) in [7, 11) is 0. The van der Waals surface area contributed by atoms with E-state index in [1.54, 1.807) is 12.1 Å². The Morgan fingerprint density at radius 1 is 1.00 bits per heavy atom. The van der Waals surface area contributed by atoms with E-state index < -0.39 is 23.5 Å². The Morgan fingerprint density at radius 3 is 2.17 bits per heavy atom. The second-order valence-electron chi connectivity index (χ2n) is 11.3. The molecule has 190 valence electrons. The van der Waals surface area contributed by atoms with Gasteiger partial charge in [-0.1, -0.05) is 44.5 Å². The Hall–Kier alpha value is -2.76. The third kappa shape index (κ3) is 4.33. The summed E-state index contributed by atoms with van der Waals surface area (Å²) in [6.07, 6.45) is 0.887. The summed E-state index contributed by atoms with van der Waals surface area (Å²) in [5.74, 6) is -1.05. The number of halogens is 4. The molecule has 0 heterocycles. The van der Waals surface area contributed by atoms with E-state index in [1.807, 2.05) is 13.8 Å². The van der Waals surface area contributed by atoms with Crippen LogP contribution in [0, 0.1) is 34.9 Å². The number of benzene rings is 2. The second-order valence-corrected chi connectivity index (χ2v) is 11.3. The van der Waals surface area contributed by atoms with Crippen LogP contribution in [0.4, 0.5) is 17.6 Å². The number of hydrogen-bond donors (Lipinski definition) is 0. The summed E-state index contributed by atoms with van der Waals surface area (Å²) in [5.41, 5.74) is 1.21. The quantitative estimate of drug-likeness (QED) is 0.317. The van der Waals surface area contributed by atoms with Crippen molar-refractivity contribution in [1.82, 2.24) is 0 Å². The average Bonchev–Trinajstić information content (AvgIpc) is 2.81. The molecule has 2 nitrogen and oxygen atoms in total. The fourth-order valence-corrected chi connectivity index (χ4v) is 6.80. The van der Waals surface area contributed by atoms with Crippen molar-refractivity contribution in [3.63, 3.8) is 0 Å². The smallest absolute Gasteiger partial charge is 0.299 e. The highest BCUT2D eigenvalue weighted by Crippen LogP contribution is 2.59. The number of Topliss-reactive ketones (excluding diaryl/α,β-unsaturated/α-hetero) is 2. The predicted molar refractivity (Wildman–Crippen MR) is 130 cm³/mol. The van der Waals surface area contributed by atoms with Crippen molar-refractivity contribution >= 4 is 17.1 Å². The second kappa shape index (κ2) is 8.97. The molecule has 3 aliphatic carbocycles. The van der Waals surface area contributed by atoms with E-state index in [0.717, 1.165) is 37.8 Å². The molecule has 0 bridgehead atoms. The molecule has 2 saturated carbocycles. The van der Waals surface area contributed by atoms with Crippen LogP contribution in [0.15, 0.2) is 54.1 Å². The van der Waals surface area contributed by atoms with E-state index in [-0.39, 0.29) is 40.3 Å². The van der Waals surface area contributed by atoms with Crippen molar-refractivity contribution in [2.75, 3.05) is 0 Å². The van der Waals surface area contributed by atoms with Crippen LogP contribution >= 0.6 is 0 Å². The van der Waals surface area contributed by atoms with Crippen LogP contribution < -0.4 is 0 Å². The predicted octanol–water partition coefficient (Wildman–Crippen LogP) is 7.92. The number of carbonyl (C=O) groups is 2. The van der Waals surface area contributed by atoms with Gasteiger partial charge in [-0.15, -0.1) is 0 Å². The number of alkyl halides is 3. The lowest BCUT2D eigenvalue weighted by Gasteiger charge is -2.53. The zero-order chi connectivity index (χ0) is 25.8. The summed E-state index contributed by atoms with van der Waals surface area (Å²) in [6, 6.07) is 10.2. The Bertz CT molecular complexity index is 1200. The first-order valence-electron chi connectivity index (χ1n) is 12.7. The van der Waals surface area contributed by atoms with E-state index in [1.165, 1.54) is 24.3 Å². The molecule has 2 aromatic carbocycles. The van der Waals surface area contributed by atoms with E-state index in [9.17, 15) is 27.2 Å². The zero-order valence-electron chi connectivity index (χ0n) is 20.5. The van der Waals surface area contributed by atoms with Gasteiger partial charge in [0, 0.05) is 23.5 Å². The lowest BCUT2D eigenvalue weighted by atomic mass is 9.50. The summed E-state index contributed by atoms with van der Waals surface area (Å²) >= 11 is 0. The molecule has 3 atom stereocenters. The molecule has 3 aliphatic rings. The van der Waals surface area contributed by atoms with Gasteiger partial charge in [0.25, 0.3) is 0 Å². The summed E-state index contributed by atoms with van der Waals surface area (Å²) in [5, 5.41) is 0. The van der Waals surface area contributed by atoms with Gasteiger partial charge in [-0.2, -0.15) is 13.2 Å². The topological polar surface area (TPSA) is 34.1 Å². The zero-order valence-corrected chi connectivity index (χ0v) is 20.5. The van der Waals surface area contributed by atoms with E-state index in [0.29, 0.717) is 29.6 Å². The Balaban J connectivity index is 1.66. The molecule has 0 N–H and O–H groups in total. The van der Waals surface area contributed by atoms with Crippen molar-refractivity contribution in [1.29, 1.82) is 0 Å². The first kappa shape index (κ1) is 24.9. The fraction of sp³-hybridized carbons (Fsp3) is 0.467. The van der Waals surface area contributed by atoms with Gasteiger partial charge in [0.2, 0.25) is 0 Å². The first-order chi connectivity index (χ1) is 17.0. The third-order valence-electron chi connectivity index (χ3n) is 8.68. The largest absolute Gasteiger partial charge is 0.416 e. The van der Waals surface area contributed by atoms with E-state index in [2.05, 4.69) is 0 Å². The minimum Gasteiger partial charge on any atom is -0.299 e. The maximum absolute atomic E-state index is 14.0. The van der Waals surface area contributed by atoms with Crippen LogP contribution in [0.3, 0.4) is 0 Å². The van der Waals surface area contributed by atoms with Crippen molar-refractivity contribution < 1.29 is 27.2 Å². The molecular weight excluding hydrogens is 468 g/mol. The molecule has 2 fully saturated rings. The standard InChI is InChI=1S/C30H30F4O2/c1-17(2)23-14-20-15-29(12-3-13-29)16-24(35)25(20)26(18-6-10-22(31)11-7-18)27(23)28(36)19-4-8-21(9-5-19)30(32,33)34/h4-11,17,20,23,25H,3,12-16H2,1-2H3. The number of carbonyl (C=O) groups excluding carboxylic acids is 2. The lowest BCUT2D eigenvalue weighted by Crippen LogP contribution is -2.47. The third-order valence-corrected chi connectivity index (χ3v) is 8.68. The van der Waals surface area contributed by atoms with Gasteiger partial charge in [-0.25, -0.2) is 4.39 Å². The average molecular weight is 499 g/mol. The fourth-order valence-electron chi connectivity index (χ4n) is 6.80. The van der Waals surface area contributed by atoms with Gasteiger partial charge in [-0.05, 0) is 84.3 Å². The Labute approximate surface area is 208 Å². The summed E-state index contributed by atoms with van der Waals surface area (Å²) < 4.78 is 53.2. The highest BCUT2D eigenvalue weighted by molar-refractivity contribution is 6.16. The molecule has 0 amide bonds. The Kier molecular flexibility index (Phi) is 6.20. The van der Waals surface area contributed by atoms with Crippen molar-refractivity contribution in [3.8, 4) is 0 Å². The minimum absolute atomic E-state index is 0.0720. The molecule has 0 radical (unpaired) electrons.